The van der Waals surface area contributed by atoms with E-state index in [1.54, 1.807) is 31.4 Å². The number of aromatic nitrogens is 1. The lowest BCUT2D eigenvalue weighted by atomic mass is 10.0. The van der Waals surface area contributed by atoms with Gasteiger partial charge < -0.3 is 41.1 Å². The van der Waals surface area contributed by atoms with E-state index in [2.05, 4.69) is 26.3 Å². The first-order valence-electron chi connectivity index (χ1n) is 15.1. The molecule has 45 heavy (non-hydrogen) atoms. The van der Waals surface area contributed by atoms with Crippen molar-refractivity contribution >= 4 is 29.5 Å². The zero-order valence-corrected chi connectivity index (χ0v) is 26.7. The fourth-order valence-electron chi connectivity index (χ4n) is 4.83. The topological polar surface area (TPSA) is 198 Å². The molecule has 1 aromatic carbocycles. The highest BCUT2D eigenvalue weighted by Crippen LogP contribution is 2.15. The molecule has 1 saturated heterocycles. The molecule has 0 aliphatic carbocycles. The minimum atomic E-state index is -1.05. The Balaban J connectivity index is 1.98. The van der Waals surface area contributed by atoms with Gasteiger partial charge in [0.05, 0.1) is 20.2 Å². The van der Waals surface area contributed by atoms with Gasteiger partial charge in [-0.15, -0.1) is 0 Å². The van der Waals surface area contributed by atoms with Gasteiger partial charge in [0.25, 0.3) is 5.91 Å². The molecule has 0 spiro atoms. The summed E-state index contributed by atoms with van der Waals surface area (Å²) in [6, 6.07) is 3.42. The van der Waals surface area contributed by atoms with Crippen LogP contribution in [0.5, 0.6) is 5.75 Å². The van der Waals surface area contributed by atoms with E-state index < -0.39 is 60.2 Å². The molecular weight excluding hydrogens is 582 g/mol. The van der Waals surface area contributed by atoms with Crippen LogP contribution >= 0.6 is 0 Å². The number of hydrogen-bond donors (Lipinski definition) is 5. The Bertz CT molecular complexity index is 1340. The normalized spacial score (nSPS) is 22.2. The van der Waals surface area contributed by atoms with E-state index >= 15 is 0 Å². The monoisotopic (exact) mass is 627 g/mol. The van der Waals surface area contributed by atoms with Crippen LogP contribution in [0.2, 0.25) is 0 Å². The lowest BCUT2D eigenvalue weighted by Gasteiger charge is -2.31. The van der Waals surface area contributed by atoms with E-state index in [1.807, 2.05) is 27.7 Å². The summed E-state index contributed by atoms with van der Waals surface area (Å²) in [5.74, 6) is -2.21. The van der Waals surface area contributed by atoms with Gasteiger partial charge in [0.1, 0.15) is 30.1 Å². The van der Waals surface area contributed by atoms with Gasteiger partial charge in [-0.3, -0.25) is 24.0 Å². The number of hydrogen-bond acceptors (Lipinski definition) is 9. The molecule has 4 atom stereocenters. The van der Waals surface area contributed by atoms with Crippen LogP contribution in [0.15, 0.2) is 34.9 Å². The van der Waals surface area contributed by atoms with Crippen LogP contribution in [0.4, 0.5) is 0 Å². The maximum absolute atomic E-state index is 13.6. The van der Waals surface area contributed by atoms with Gasteiger partial charge >= 0.3 is 0 Å². The number of carbonyl (C=O) groups is 5. The first-order chi connectivity index (χ1) is 21.3. The molecule has 5 amide bonds. The quantitative estimate of drug-likeness (QED) is 0.277. The molecule has 0 radical (unpaired) electrons. The molecule has 3 rings (SSSR count). The SMILES string of the molecule is COc1ccc(C[C@@H]2NC(=O)[C@H](CC(C)C)NC(=O)CN(C(=O)c3coc(CN)n3)C[C@H](C(C)C)NC(=O)[C@@H](C)NC2=O)cc1. The van der Waals surface area contributed by atoms with Crippen LogP contribution in [0.1, 0.15) is 63.0 Å². The van der Waals surface area contributed by atoms with E-state index in [-0.39, 0.29) is 49.4 Å². The molecule has 1 aromatic heterocycles. The number of carbonyl (C=O) groups excluding carboxylic acids is 5. The Morgan fingerprint density at radius 1 is 1.00 bits per heavy atom. The van der Waals surface area contributed by atoms with Gasteiger partial charge in [0.15, 0.2) is 5.69 Å². The zero-order chi connectivity index (χ0) is 33.3. The highest BCUT2D eigenvalue weighted by molar-refractivity contribution is 5.97. The Labute approximate surface area is 263 Å². The van der Waals surface area contributed by atoms with Crippen LogP contribution in [0.3, 0.4) is 0 Å². The van der Waals surface area contributed by atoms with Crippen LogP contribution in [-0.2, 0) is 32.1 Å². The second-order valence-corrected chi connectivity index (χ2v) is 12.0. The molecule has 2 aromatic rings. The summed E-state index contributed by atoms with van der Waals surface area (Å²) in [6.45, 7) is 8.56. The number of oxazole rings is 1. The second kappa shape index (κ2) is 16.0. The maximum Gasteiger partial charge on any atom is 0.276 e. The summed E-state index contributed by atoms with van der Waals surface area (Å²) in [4.78, 5) is 72.7. The molecule has 1 aliphatic heterocycles. The third kappa shape index (κ3) is 10.0. The third-order valence-corrected chi connectivity index (χ3v) is 7.46. The lowest BCUT2D eigenvalue weighted by Crippen LogP contribution is -2.57. The summed E-state index contributed by atoms with van der Waals surface area (Å²) >= 11 is 0. The average Bonchev–Trinajstić information content (AvgIpc) is 3.48. The third-order valence-electron chi connectivity index (χ3n) is 7.46. The Kier molecular flexibility index (Phi) is 12.5. The van der Waals surface area contributed by atoms with Crippen LogP contribution in [-0.4, -0.2) is 83.8 Å². The number of methoxy groups -OCH3 is 1. The van der Waals surface area contributed by atoms with Gasteiger partial charge in [-0.2, -0.15) is 0 Å². The number of rotatable bonds is 8. The first kappa shape index (κ1) is 35.0. The van der Waals surface area contributed by atoms with Crippen molar-refractivity contribution in [2.24, 2.45) is 17.6 Å². The van der Waals surface area contributed by atoms with Crippen molar-refractivity contribution < 1.29 is 33.1 Å². The number of nitrogens with one attached hydrogen (secondary N) is 4. The molecule has 6 N–H and O–H groups in total. The standard InChI is InChI=1S/C31H45N7O7/c1-17(2)11-22-30(42)36-23(12-20-7-9-21(44-6)10-8-20)29(41)33-19(5)28(40)37-24(18(3)4)14-38(15-26(39)34-22)31(43)25-16-45-27(13-32)35-25/h7-10,16-19,22-24H,11-15,32H2,1-6H3,(H,33,41)(H,34,39)(H,36,42)(H,37,40)/t19-,22+,23+,24-/m1/s1. The fraction of sp³-hybridized carbons (Fsp3) is 0.548. The summed E-state index contributed by atoms with van der Waals surface area (Å²) in [6.07, 6.45) is 1.56. The van der Waals surface area contributed by atoms with Crippen LogP contribution in [0, 0.1) is 11.8 Å². The molecule has 0 unspecified atom stereocenters. The van der Waals surface area contributed by atoms with Crippen molar-refractivity contribution in [3.8, 4) is 5.75 Å². The molecule has 0 bridgehead atoms. The number of amides is 5. The molecule has 14 nitrogen and oxygen atoms in total. The van der Waals surface area contributed by atoms with Crippen molar-refractivity contribution in [3.63, 3.8) is 0 Å². The molecular formula is C31H45N7O7. The number of ether oxygens (including phenoxy) is 1. The Morgan fingerprint density at radius 2 is 1.67 bits per heavy atom. The lowest BCUT2D eigenvalue weighted by molar-refractivity contribution is -0.133. The van der Waals surface area contributed by atoms with E-state index in [1.165, 1.54) is 11.8 Å². The molecule has 246 valence electrons. The summed E-state index contributed by atoms with van der Waals surface area (Å²) in [5, 5.41) is 11.1. The largest absolute Gasteiger partial charge is 0.497 e. The Hall–Kier alpha value is -4.46. The van der Waals surface area contributed by atoms with Crippen molar-refractivity contribution in [2.75, 3.05) is 20.2 Å². The van der Waals surface area contributed by atoms with E-state index in [9.17, 15) is 24.0 Å². The van der Waals surface area contributed by atoms with E-state index in [0.717, 1.165) is 11.8 Å². The molecule has 2 heterocycles. The molecule has 0 saturated carbocycles. The highest BCUT2D eigenvalue weighted by Gasteiger charge is 2.33. The number of nitrogens with two attached hydrogens (primary N) is 1. The van der Waals surface area contributed by atoms with Gasteiger partial charge in [-0.25, -0.2) is 4.98 Å². The summed E-state index contributed by atoms with van der Waals surface area (Å²) in [5.41, 5.74) is 6.28. The van der Waals surface area contributed by atoms with E-state index in [0.29, 0.717) is 5.75 Å². The van der Waals surface area contributed by atoms with Crippen LogP contribution < -0.4 is 31.7 Å². The smallest absolute Gasteiger partial charge is 0.276 e. The molecule has 1 aliphatic rings. The number of benzene rings is 1. The van der Waals surface area contributed by atoms with Gasteiger partial charge in [-0.05, 0) is 42.9 Å². The van der Waals surface area contributed by atoms with Crippen molar-refractivity contribution in [2.45, 2.75) is 78.2 Å². The van der Waals surface area contributed by atoms with Gasteiger partial charge in [0, 0.05) is 19.0 Å². The number of nitrogens with zero attached hydrogens (tertiary/aromatic N) is 2. The second-order valence-electron chi connectivity index (χ2n) is 12.0. The predicted octanol–water partition coefficient (Wildman–Crippen LogP) is 0.502. The summed E-state index contributed by atoms with van der Waals surface area (Å²) in [7, 11) is 1.54. The summed E-state index contributed by atoms with van der Waals surface area (Å²) < 4.78 is 10.5. The molecule has 1 fully saturated rings. The van der Waals surface area contributed by atoms with Gasteiger partial charge in [0.2, 0.25) is 29.5 Å². The minimum Gasteiger partial charge on any atom is -0.497 e. The Morgan fingerprint density at radius 3 is 2.24 bits per heavy atom. The fourth-order valence-corrected chi connectivity index (χ4v) is 4.83. The predicted molar refractivity (Wildman–Crippen MR) is 165 cm³/mol. The highest BCUT2D eigenvalue weighted by atomic mass is 16.5. The zero-order valence-electron chi connectivity index (χ0n) is 26.7. The van der Waals surface area contributed by atoms with Crippen LogP contribution in [0.25, 0.3) is 0 Å². The van der Waals surface area contributed by atoms with E-state index in [4.69, 9.17) is 14.9 Å². The maximum atomic E-state index is 13.6. The van der Waals surface area contributed by atoms with Crippen molar-refractivity contribution in [1.82, 2.24) is 31.2 Å². The van der Waals surface area contributed by atoms with Crippen molar-refractivity contribution in [1.29, 1.82) is 0 Å². The van der Waals surface area contributed by atoms with Gasteiger partial charge in [-0.1, -0.05) is 39.8 Å². The minimum absolute atomic E-state index is 0.00622. The first-order valence-corrected chi connectivity index (χ1v) is 15.1. The van der Waals surface area contributed by atoms with Crippen molar-refractivity contribution in [3.05, 3.63) is 47.7 Å². The average molecular weight is 628 g/mol. The molecule has 14 heteroatoms.